The van der Waals surface area contributed by atoms with Crippen LogP contribution in [0.1, 0.15) is 48.7 Å². The Labute approximate surface area is 288 Å². The van der Waals surface area contributed by atoms with Gasteiger partial charge in [0.2, 0.25) is 0 Å². The third-order valence-corrected chi connectivity index (χ3v) is 10.9. The first-order chi connectivity index (χ1) is 24.0. The summed E-state index contributed by atoms with van der Waals surface area (Å²) in [5.41, 5.74) is -1.12. The molecule has 6 aromatic rings. The number of likely N-dealkylation sites (N-methyl/N-ethyl adjacent to an activating group) is 1. The fourth-order valence-electron chi connectivity index (χ4n) is 7.00. The van der Waals surface area contributed by atoms with Crippen LogP contribution in [0.5, 0.6) is 5.75 Å². The quantitative estimate of drug-likeness (QED) is 0.128. The Kier molecular flexibility index (Phi) is 8.74. The van der Waals surface area contributed by atoms with Gasteiger partial charge in [-0.1, -0.05) is 78.9 Å². The van der Waals surface area contributed by atoms with Gasteiger partial charge in [0.25, 0.3) is 11.8 Å². The number of nitrogens with zero attached hydrogens (tertiary/aromatic N) is 2. The number of hydrogen-bond donors (Lipinski definition) is 2. The SMILES string of the molecule is COc1ccc2cc(C(=O)N3CCC(N(C)C(=O)c4cc5ccccc5cc4C(=O)C(c4cccc5ccccc45)P(=O)(O)O)C3)ccc2c1. The topological polar surface area (TPSA) is 124 Å². The first-order valence-corrected chi connectivity index (χ1v) is 18.0. The van der Waals surface area contributed by atoms with Gasteiger partial charge < -0.3 is 24.3 Å². The van der Waals surface area contributed by atoms with Gasteiger partial charge in [-0.05, 0) is 80.7 Å². The van der Waals surface area contributed by atoms with Crippen LogP contribution in [0, 0.1) is 0 Å². The van der Waals surface area contributed by atoms with Crippen LogP contribution in [0.4, 0.5) is 0 Å². The minimum absolute atomic E-state index is 0.0459. The molecule has 1 heterocycles. The van der Waals surface area contributed by atoms with E-state index in [1.807, 2.05) is 60.7 Å². The summed E-state index contributed by atoms with van der Waals surface area (Å²) >= 11 is 0. The Morgan fingerprint density at radius 2 is 1.40 bits per heavy atom. The third-order valence-electron chi connectivity index (χ3n) is 9.70. The number of carbonyl (C=O) groups is 3. The van der Waals surface area contributed by atoms with Gasteiger partial charge in [0.15, 0.2) is 5.78 Å². The van der Waals surface area contributed by atoms with Crippen LogP contribution in [-0.2, 0) is 4.57 Å². The third kappa shape index (κ3) is 6.16. The lowest BCUT2D eigenvalue weighted by molar-refractivity contribution is 0.0698. The van der Waals surface area contributed by atoms with Gasteiger partial charge in [-0.2, -0.15) is 0 Å². The summed E-state index contributed by atoms with van der Waals surface area (Å²) in [7, 11) is -1.83. The molecule has 252 valence electrons. The molecule has 50 heavy (non-hydrogen) atoms. The number of benzene rings is 6. The molecule has 0 aliphatic carbocycles. The van der Waals surface area contributed by atoms with E-state index in [0.29, 0.717) is 41.2 Å². The number of ether oxygens (including phenoxy) is 1. The number of fused-ring (bicyclic) bond motifs is 3. The number of methoxy groups -OCH3 is 1. The molecule has 1 fully saturated rings. The van der Waals surface area contributed by atoms with Crippen LogP contribution in [0.2, 0.25) is 0 Å². The molecule has 0 aromatic heterocycles. The lowest BCUT2D eigenvalue weighted by atomic mass is 9.92. The van der Waals surface area contributed by atoms with Crippen molar-refractivity contribution in [1.29, 1.82) is 0 Å². The van der Waals surface area contributed by atoms with Crippen molar-refractivity contribution in [2.45, 2.75) is 18.1 Å². The molecule has 1 aliphatic heterocycles. The van der Waals surface area contributed by atoms with E-state index in [2.05, 4.69) is 0 Å². The van der Waals surface area contributed by atoms with Crippen molar-refractivity contribution in [3.05, 3.63) is 138 Å². The summed E-state index contributed by atoms with van der Waals surface area (Å²) in [5, 5.41) is 4.50. The van der Waals surface area contributed by atoms with Crippen molar-refractivity contribution in [1.82, 2.24) is 9.80 Å². The second-order valence-corrected chi connectivity index (χ2v) is 14.4. The van der Waals surface area contributed by atoms with Gasteiger partial charge in [0.1, 0.15) is 11.4 Å². The molecule has 0 spiro atoms. The summed E-state index contributed by atoms with van der Waals surface area (Å²) in [5.74, 6) is -0.726. The van der Waals surface area contributed by atoms with Crippen molar-refractivity contribution in [2.24, 2.45) is 0 Å². The average molecular weight is 687 g/mol. The highest BCUT2D eigenvalue weighted by Gasteiger charge is 2.41. The van der Waals surface area contributed by atoms with Crippen molar-refractivity contribution < 1.29 is 33.5 Å². The maximum Gasteiger partial charge on any atom is 0.340 e. The van der Waals surface area contributed by atoms with Crippen molar-refractivity contribution >= 4 is 57.5 Å². The fourth-order valence-corrected chi connectivity index (χ4v) is 8.03. The highest BCUT2D eigenvalue weighted by molar-refractivity contribution is 7.53. The number of rotatable bonds is 8. The number of ketones is 1. The van der Waals surface area contributed by atoms with Crippen LogP contribution in [0.15, 0.2) is 115 Å². The van der Waals surface area contributed by atoms with Crippen LogP contribution >= 0.6 is 7.60 Å². The zero-order chi connectivity index (χ0) is 35.2. The van der Waals surface area contributed by atoms with Gasteiger partial charge >= 0.3 is 7.60 Å². The number of hydrogen-bond acceptors (Lipinski definition) is 5. The van der Waals surface area contributed by atoms with Gasteiger partial charge in [-0.25, -0.2) is 0 Å². The molecule has 0 saturated carbocycles. The van der Waals surface area contributed by atoms with Crippen LogP contribution in [0.25, 0.3) is 32.3 Å². The fraction of sp³-hybridized carbons (Fsp3) is 0.175. The largest absolute Gasteiger partial charge is 0.497 e. The molecule has 2 unspecified atom stereocenters. The zero-order valence-electron chi connectivity index (χ0n) is 27.5. The van der Waals surface area contributed by atoms with Crippen LogP contribution < -0.4 is 4.74 Å². The van der Waals surface area contributed by atoms with Crippen LogP contribution in [-0.4, -0.2) is 70.5 Å². The lowest BCUT2D eigenvalue weighted by Gasteiger charge is -2.27. The molecule has 10 heteroatoms. The number of Topliss-reactive ketones (excluding diaryl/α,β-unsaturated/α-hetero) is 1. The first-order valence-electron chi connectivity index (χ1n) is 16.3. The van der Waals surface area contributed by atoms with E-state index in [-0.39, 0.29) is 28.6 Å². The zero-order valence-corrected chi connectivity index (χ0v) is 28.4. The Morgan fingerprint density at radius 3 is 2.12 bits per heavy atom. The van der Waals surface area contributed by atoms with Gasteiger partial charge in [0, 0.05) is 31.3 Å². The summed E-state index contributed by atoms with van der Waals surface area (Å²) in [6.45, 7) is 0.729. The Bertz CT molecular complexity index is 2360. The Morgan fingerprint density at radius 1 is 0.780 bits per heavy atom. The van der Waals surface area contributed by atoms with Crippen molar-refractivity contribution in [3.8, 4) is 5.75 Å². The molecule has 2 amide bonds. The van der Waals surface area contributed by atoms with E-state index in [1.165, 1.54) is 4.90 Å². The average Bonchev–Trinajstić information content (AvgIpc) is 3.63. The molecule has 2 atom stereocenters. The number of amides is 2. The van der Waals surface area contributed by atoms with E-state index >= 15 is 0 Å². The predicted molar refractivity (Wildman–Crippen MR) is 194 cm³/mol. The minimum Gasteiger partial charge on any atom is -0.497 e. The first kappa shape index (κ1) is 33.2. The van der Waals surface area contributed by atoms with Crippen molar-refractivity contribution in [2.75, 3.05) is 27.2 Å². The smallest absolute Gasteiger partial charge is 0.340 e. The maximum absolute atomic E-state index is 14.5. The maximum atomic E-state index is 14.5. The summed E-state index contributed by atoms with van der Waals surface area (Å²) in [6.07, 6.45) is 0.525. The van der Waals surface area contributed by atoms with Crippen LogP contribution in [0.3, 0.4) is 0 Å². The van der Waals surface area contributed by atoms with Gasteiger partial charge in [0.05, 0.1) is 18.7 Å². The van der Waals surface area contributed by atoms with Crippen molar-refractivity contribution in [3.63, 3.8) is 0 Å². The van der Waals surface area contributed by atoms with E-state index in [9.17, 15) is 28.7 Å². The van der Waals surface area contributed by atoms with Gasteiger partial charge in [-0.3, -0.25) is 18.9 Å². The number of carbonyl (C=O) groups excluding carboxylic acids is 3. The highest BCUT2D eigenvalue weighted by Crippen LogP contribution is 2.55. The van der Waals surface area contributed by atoms with E-state index in [1.54, 1.807) is 73.7 Å². The van der Waals surface area contributed by atoms with E-state index in [0.717, 1.165) is 21.9 Å². The monoisotopic (exact) mass is 686 g/mol. The van der Waals surface area contributed by atoms with E-state index < -0.39 is 24.9 Å². The lowest BCUT2D eigenvalue weighted by Crippen LogP contribution is -2.40. The second-order valence-electron chi connectivity index (χ2n) is 12.7. The molecular formula is C40H35N2O7P. The Hall–Kier alpha value is -5.34. The summed E-state index contributed by atoms with van der Waals surface area (Å²) in [4.78, 5) is 66.9. The molecule has 7 rings (SSSR count). The molecular weight excluding hydrogens is 651 g/mol. The summed E-state index contributed by atoms with van der Waals surface area (Å²) < 4.78 is 18.4. The molecule has 2 N–H and O–H groups in total. The highest BCUT2D eigenvalue weighted by atomic mass is 31.2. The molecule has 9 nitrogen and oxygen atoms in total. The number of likely N-dealkylation sites (tertiary alicyclic amines) is 1. The molecule has 1 aliphatic rings. The molecule has 1 saturated heterocycles. The predicted octanol–water partition coefficient (Wildman–Crippen LogP) is 7.24. The van der Waals surface area contributed by atoms with E-state index in [4.69, 9.17) is 4.74 Å². The summed E-state index contributed by atoms with van der Waals surface area (Å²) in [6, 6.07) is 33.3. The minimum atomic E-state index is -5.07. The second kappa shape index (κ2) is 13.2. The standard InChI is InChI=1S/C40H35N2O7P/c1-41(31-18-19-42(24-31)39(44)30-15-14-29-21-32(49-2)17-16-28(29)20-30)40(45)36-23-27-10-4-3-9-26(27)22-35(36)37(43)38(50(46,47)48)34-13-7-11-25-8-5-6-12-33(25)34/h3-17,20-23,31,38H,18-19,24H2,1-2H3,(H2,46,47,48). The molecule has 0 bridgehead atoms. The molecule has 0 radical (unpaired) electrons. The molecule has 6 aromatic carbocycles. The normalized spacial score (nSPS) is 15.4. The Balaban J connectivity index is 1.20. The van der Waals surface area contributed by atoms with Gasteiger partial charge in [-0.15, -0.1) is 0 Å².